The maximum absolute atomic E-state index is 4.80. The standard InChI is InChI=1S/C18H23N3.2ClH.Fe/c1-11-9-12(2)18(13(3)10-11)20-15(5)17-8-7-16(21-17)14(4)19-6;;;/h8-10H,7H2,1-6H3;2*1H;/q;;;+2/p-2. The van der Waals surface area contributed by atoms with Crippen LogP contribution in [0.15, 0.2) is 38.9 Å². The molecule has 0 saturated heterocycles. The molecule has 0 aromatic heterocycles. The molecule has 0 N–H and O–H groups in total. The van der Waals surface area contributed by atoms with Crippen LogP contribution in [-0.4, -0.2) is 24.2 Å². The summed E-state index contributed by atoms with van der Waals surface area (Å²) in [6, 6.07) is 4.34. The number of nitrogens with zero attached hydrogens (tertiary/aromatic N) is 3. The molecule has 0 atom stereocenters. The number of halogens is 2. The van der Waals surface area contributed by atoms with Crippen LogP contribution in [0.2, 0.25) is 0 Å². The van der Waals surface area contributed by atoms with Crippen LogP contribution in [0.4, 0.5) is 5.69 Å². The summed E-state index contributed by atoms with van der Waals surface area (Å²) in [4.78, 5) is 13.6. The summed E-state index contributed by atoms with van der Waals surface area (Å²) in [6.45, 7) is 10.4. The number of rotatable bonds is 3. The van der Waals surface area contributed by atoms with Gasteiger partial charge >= 0.3 is 33.3 Å². The van der Waals surface area contributed by atoms with E-state index in [-0.39, 0.29) is 13.1 Å². The van der Waals surface area contributed by atoms with Gasteiger partial charge in [0.25, 0.3) is 0 Å². The van der Waals surface area contributed by atoms with Gasteiger partial charge in [0.2, 0.25) is 0 Å². The Balaban J connectivity index is 0.000000891. The fourth-order valence-corrected chi connectivity index (χ4v) is 2.59. The molecule has 0 amide bonds. The topological polar surface area (TPSA) is 37.1 Å². The fourth-order valence-electron chi connectivity index (χ4n) is 2.59. The molecule has 3 nitrogen and oxygen atoms in total. The number of benzene rings is 1. The van der Waals surface area contributed by atoms with Crippen molar-refractivity contribution in [3.8, 4) is 0 Å². The molecule has 1 aromatic carbocycles. The monoisotopic (exact) mass is 407 g/mol. The van der Waals surface area contributed by atoms with Crippen LogP contribution < -0.4 is 0 Å². The van der Waals surface area contributed by atoms with Gasteiger partial charge in [-0.2, -0.15) is 0 Å². The molecular weight excluding hydrogens is 385 g/mol. The molecule has 132 valence electrons. The van der Waals surface area contributed by atoms with E-state index in [1.165, 1.54) is 16.7 Å². The molecule has 1 aliphatic heterocycles. The Morgan fingerprint density at radius 3 is 2.12 bits per heavy atom. The normalized spacial score (nSPS) is 15.0. The van der Waals surface area contributed by atoms with Crippen molar-refractivity contribution < 1.29 is 13.1 Å². The minimum atomic E-state index is 0.194. The van der Waals surface area contributed by atoms with Gasteiger partial charge in [0.1, 0.15) is 0 Å². The zero-order valence-electron chi connectivity index (χ0n) is 14.9. The van der Waals surface area contributed by atoms with Crippen LogP contribution in [-0.2, 0) is 13.1 Å². The Kier molecular flexibility index (Phi) is 8.93. The zero-order valence-corrected chi connectivity index (χ0v) is 17.5. The molecule has 0 radical (unpaired) electrons. The molecule has 1 heterocycles. The first-order valence-corrected chi connectivity index (χ1v) is 10.6. The van der Waals surface area contributed by atoms with Gasteiger partial charge in [-0.25, -0.2) is 4.99 Å². The van der Waals surface area contributed by atoms with Crippen LogP contribution in [0.25, 0.3) is 0 Å². The second-order valence-electron chi connectivity index (χ2n) is 5.66. The molecule has 6 heteroatoms. The summed E-state index contributed by atoms with van der Waals surface area (Å²) in [5.41, 5.74) is 8.72. The first kappa shape index (κ1) is 21.1. The number of allylic oxidation sites excluding steroid dienone is 2. The molecule has 0 spiro atoms. The number of hydrogen-bond donors (Lipinski definition) is 0. The molecule has 0 aliphatic carbocycles. The molecule has 1 aliphatic rings. The van der Waals surface area contributed by atoms with E-state index in [4.69, 9.17) is 25.2 Å². The number of aryl methyl sites for hydroxylation is 3. The minimum absolute atomic E-state index is 0.194. The van der Waals surface area contributed by atoms with Gasteiger partial charge in [-0.1, -0.05) is 23.8 Å². The average molecular weight is 408 g/mol. The van der Waals surface area contributed by atoms with Crippen molar-refractivity contribution in [1.82, 2.24) is 0 Å². The van der Waals surface area contributed by atoms with E-state index in [2.05, 4.69) is 49.0 Å². The van der Waals surface area contributed by atoms with Crippen molar-refractivity contribution in [3.63, 3.8) is 0 Å². The second kappa shape index (κ2) is 10.1. The Morgan fingerprint density at radius 2 is 1.62 bits per heavy atom. The first-order chi connectivity index (χ1) is 11.3. The Morgan fingerprint density at radius 1 is 1.08 bits per heavy atom. The number of hydrogen-bond acceptors (Lipinski definition) is 3. The first-order valence-electron chi connectivity index (χ1n) is 7.54. The van der Waals surface area contributed by atoms with Crippen molar-refractivity contribution in [2.24, 2.45) is 15.0 Å². The van der Waals surface area contributed by atoms with Gasteiger partial charge in [0, 0.05) is 13.5 Å². The molecular formula is C18H23Cl2FeN3. The molecule has 0 bridgehead atoms. The van der Waals surface area contributed by atoms with Gasteiger partial charge < -0.3 is 0 Å². The second-order valence-corrected chi connectivity index (χ2v) is 7.48. The van der Waals surface area contributed by atoms with E-state index in [1.807, 2.05) is 13.8 Å². The van der Waals surface area contributed by atoms with E-state index in [9.17, 15) is 0 Å². The maximum atomic E-state index is 4.80. The quantitative estimate of drug-likeness (QED) is 0.441. The summed E-state index contributed by atoms with van der Waals surface area (Å²) in [5.74, 6) is 0. The predicted octanol–water partition coefficient (Wildman–Crippen LogP) is 5.90. The van der Waals surface area contributed by atoms with E-state index in [1.54, 1.807) is 7.05 Å². The van der Waals surface area contributed by atoms with Crippen molar-refractivity contribution in [2.45, 2.75) is 41.0 Å². The zero-order chi connectivity index (χ0) is 18.3. The Labute approximate surface area is 159 Å². The summed E-state index contributed by atoms with van der Waals surface area (Å²) < 4.78 is 0. The van der Waals surface area contributed by atoms with Gasteiger partial charge in [0.05, 0.1) is 28.5 Å². The summed E-state index contributed by atoms with van der Waals surface area (Å²) in [5, 5.41) is 0. The Hall–Kier alpha value is -0.931. The van der Waals surface area contributed by atoms with E-state index < -0.39 is 0 Å². The summed E-state index contributed by atoms with van der Waals surface area (Å²) in [6.07, 6.45) is 2.97. The molecule has 0 saturated carbocycles. The van der Waals surface area contributed by atoms with Gasteiger partial charge in [0.15, 0.2) is 0 Å². The van der Waals surface area contributed by atoms with E-state index >= 15 is 0 Å². The van der Waals surface area contributed by atoms with Gasteiger partial charge in [-0.05, 0) is 45.7 Å². The van der Waals surface area contributed by atoms with Crippen molar-refractivity contribution in [1.29, 1.82) is 0 Å². The van der Waals surface area contributed by atoms with Crippen LogP contribution in [0.1, 0.15) is 37.0 Å². The van der Waals surface area contributed by atoms with E-state index in [0.717, 1.165) is 34.9 Å². The van der Waals surface area contributed by atoms with Crippen LogP contribution in [0, 0.1) is 20.8 Å². The van der Waals surface area contributed by atoms with Crippen molar-refractivity contribution in [2.75, 3.05) is 7.05 Å². The third-order valence-electron chi connectivity index (χ3n) is 3.78. The third kappa shape index (κ3) is 5.86. The van der Waals surface area contributed by atoms with Crippen molar-refractivity contribution in [3.05, 3.63) is 40.6 Å². The molecule has 0 fully saturated rings. The number of aliphatic imine (C=N–C) groups is 3. The van der Waals surface area contributed by atoms with Gasteiger partial charge in [-0.15, -0.1) is 0 Å². The van der Waals surface area contributed by atoms with E-state index in [0.29, 0.717) is 0 Å². The summed E-state index contributed by atoms with van der Waals surface area (Å²) >= 11 is 0.194. The SMILES string of the molecule is CN=C(C)C1=NC(C(C)=Nc2c(C)cc(C)cc2C)=CC1.[Cl][Fe][Cl]. The van der Waals surface area contributed by atoms with Crippen LogP contribution >= 0.6 is 20.2 Å². The molecule has 2 rings (SSSR count). The molecule has 1 aromatic rings. The van der Waals surface area contributed by atoms with Crippen LogP contribution in [0.3, 0.4) is 0 Å². The van der Waals surface area contributed by atoms with Gasteiger partial charge in [-0.3, -0.25) is 9.98 Å². The predicted molar refractivity (Wildman–Crippen MR) is 104 cm³/mol. The fraction of sp³-hybridized carbons (Fsp3) is 0.389. The molecule has 0 unspecified atom stereocenters. The van der Waals surface area contributed by atoms with Crippen LogP contribution in [0.5, 0.6) is 0 Å². The Bertz CT molecular complexity index is 696. The van der Waals surface area contributed by atoms with Crippen molar-refractivity contribution >= 4 is 43.0 Å². The summed E-state index contributed by atoms with van der Waals surface area (Å²) in [7, 11) is 11.3. The molecule has 24 heavy (non-hydrogen) atoms. The average Bonchev–Trinajstić information content (AvgIpc) is 3.00. The third-order valence-corrected chi connectivity index (χ3v) is 3.78.